The summed E-state index contributed by atoms with van der Waals surface area (Å²) < 4.78 is 0. The van der Waals surface area contributed by atoms with Gasteiger partial charge in [-0.15, -0.1) is 0 Å². The molecule has 0 spiro atoms. The number of fused-ring (bicyclic) bond motifs is 2. The predicted molar refractivity (Wildman–Crippen MR) is 39.1 cm³/mol. The van der Waals surface area contributed by atoms with Gasteiger partial charge >= 0.3 is 0 Å². The van der Waals surface area contributed by atoms with Gasteiger partial charge in [-0.3, -0.25) is 0 Å². The normalized spacial score (nSPS) is 42.1. The lowest BCUT2D eigenvalue weighted by Gasteiger charge is -2.12. The number of rotatable bonds is 1. The number of hydrogen-bond donors (Lipinski definition) is 0. The second-order valence-electron chi connectivity index (χ2n) is 3.40. The standard InChI is InChI=1S/C9H11N/c10-4-3-9-6-7-1-2-8(9)5-7/h1-2,7-9H,3,5-6H2. The van der Waals surface area contributed by atoms with E-state index in [2.05, 4.69) is 18.2 Å². The molecule has 0 aliphatic heterocycles. The highest BCUT2D eigenvalue weighted by molar-refractivity contribution is 5.11. The van der Waals surface area contributed by atoms with Crippen LogP contribution < -0.4 is 0 Å². The molecule has 2 rings (SSSR count). The predicted octanol–water partition coefficient (Wildman–Crippen LogP) is 2.11. The molecule has 0 heterocycles. The fourth-order valence-electron chi connectivity index (χ4n) is 2.25. The van der Waals surface area contributed by atoms with Crippen LogP contribution in [0.3, 0.4) is 0 Å². The zero-order valence-corrected chi connectivity index (χ0v) is 5.96. The highest BCUT2D eigenvalue weighted by Gasteiger charge is 2.34. The van der Waals surface area contributed by atoms with Crippen molar-refractivity contribution in [1.29, 1.82) is 5.26 Å². The molecule has 10 heavy (non-hydrogen) atoms. The smallest absolute Gasteiger partial charge is 0.0624 e. The highest BCUT2D eigenvalue weighted by Crippen LogP contribution is 2.44. The van der Waals surface area contributed by atoms with Crippen molar-refractivity contribution in [1.82, 2.24) is 0 Å². The van der Waals surface area contributed by atoms with E-state index in [4.69, 9.17) is 5.26 Å². The molecule has 1 fully saturated rings. The van der Waals surface area contributed by atoms with Gasteiger partial charge in [0, 0.05) is 6.42 Å². The van der Waals surface area contributed by atoms with Gasteiger partial charge < -0.3 is 0 Å². The van der Waals surface area contributed by atoms with Crippen molar-refractivity contribution in [2.24, 2.45) is 17.8 Å². The number of nitriles is 1. The molecule has 2 aliphatic carbocycles. The van der Waals surface area contributed by atoms with Gasteiger partial charge in [-0.1, -0.05) is 12.2 Å². The maximum atomic E-state index is 8.48. The van der Waals surface area contributed by atoms with E-state index in [-0.39, 0.29) is 0 Å². The van der Waals surface area contributed by atoms with E-state index in [1.807, 2.05) is 0 Å². The minimum absolute atomic E-state index is 0.694. The minimum atomic E-state index is 0.694. The zero-order valence-electron chi connectivity index (χ0n) is 5.96. The summed E-state index contributed by atoms with van der Waals surface area (Å²) in [5.41, 5.74) is 0. The van der Waals surface area contributed by atoms with Gasteiger partial charge in [-0.25, -0.2) is 0 Å². The van der Waals surface area contributed by atoms with Gasteiger partial charge in [-0.05, 0) is 30.6 Å². The molecule has 0 aromatic carbocycles. The lowest BCUT2D eigenvalue weighted by atomic mass is 9.91. The first-order valence-corrected chi connectivity index (χ1v) is 3.95. The van der Waals surface area contributed by atoms with E-state index in [9.17, 15) is 0 Å². The van der Waals surface area contributed by atoms with Crippen molar-refractivity contribution in [2.45, 2.75) is 19.3 Å². The van der Waals surface area contributed by atoms with Crippen molar-refractivity contribution in [3.8, 4) is 6.07 Å². The van der Waals surface area contributed by atoms with Crippen LogP contribution in [0.25, 0.3) is 0 Å². The SMILES string of the molecule is N#CCC1CC2C=CC1C2. The van der Waals surface area contributed by atoms with Crippen LogP contribution in [0.15, 0.2) is 12.2 Å². The third-order valence-corrected chi connectivity index (χ3v) is 2.77. The van der Waals surface area contributed by atoms with Crippen molar-refractivity contribution in [3.05, 3.63) is 12.2 Å². The van der Waals surface area contributed by atoms with E-state index < -0.39 is 0 Å². The minimum Gasteiger partial charge on any atom is -0.198 e. The largest absolute Gasteiger partial charge is 0.198 e. The summed E-state index contributed by atoms with van der Waals surface area (Å²) in [4.78, 5) is 0. The molecule has 0 N–H and O–H groups in total. The van der Waals surface area contributed by atoms with Crippen molar-refractivity contribution in [3.63, 3.8) is 0 Å². The van der Waals surface area contributed by atoms with Gasteiger partial charge in [0.05, 0.1) is 6.07 Å². The maximum Gasteiger partial charge on any atom is 0.0624 e. The first kappa shape index (κ1) is 5.97. The van der Waals surface area contributed by atoms with E-state index in [1.54, 1.807) is 0 Å². The maximum absolute atomic E-state index is 8.48. The summed E-state index contributed by atoms with van der Waals surface area (Å²) in [6.07, 6.45) is 7.99. The van der Waals surface area contributed by atoms with Gasteiger partial charge in [0.1, 0.15) is 0 Å². The van der Waals surface area contributed by atoms with Crippen molar-refractivity contribution in [2.75, 3.05) is 0 Å². The van der Waals surface area contributed by atoms with Crippen LogP contribution in [-0.2, 0) is 0 Å². The van der Waals surface area contributed by atoms with E-state index in [1.165, 1.54) is 12.8 Å². The second-order valence-corrected chi connectivity index (χ2v) is 3.40. The third kappa shape index (κ3) is 0.759. The summed E-state index contributed by atoms with van der Waals surface area (Å²) in [7, 11) is 0. The molecule has 0 saturated heterocycles. The molecule has 0 aromatic heterocycles. The molecule has 2 bridgehead atoms. The number of hydrogen-bond acceptors (Lipinski definition) is 1. The zero-order chi connectivity index (χ0) is 6.97. The first-order chi connectivity index (χ1) is 4.90. The topological polar surface area (TPSA) is 23.8 Å². The molecule has 0 radical (unpaired) electrons. The fraction of sp³-hybridized carbons (Fsp3) is 0.667. The Morgan fingerprint density at radius 1 is 1.40 bits per heavy atom. The molecule has 1 nitrogen and oxygen atoms in total. The molecule has 3 atom stereocenters. The molecular formula is C9H11N. The van der Waals surface area contributed by atoms with Crippen molar-refractivity contribution < 1.29 is 0 Å². The van der Waals surface area contributed by atoms with Crippen LogP contribution in [0.1, 0.15) is 19.3 Å². The van der Waals surface area contributed by atoms with Crippen LogP contribution in [0.2, 0.25) is 0 Å². The summed E-state index contributed by atoms with van der Waals surface area (Å²) in [5.74, 6) is 2.27. The summed E-state index contributed by atoms with van der Waals surface area (Å²) in [6, 6.07) is 2.26. The average Bonchev–Trinajstić information content (AvgIpc) is 2.48. The van der Waals surface area contributed by atoms with Crippen LogP contribution in [0, 0.1) is 29.1 Å². The third-order valence-electron chi connectivity index (χ3n) is 2.77. The lowest BCUT2D eigenvalue weighted by molar-refractivity contribution is 0.458. The van der Waals surface area contributed by atoms with Gasteiger partial charge in [0.25, 0.3) is 0 Å². The number of nitrogens with zero attached hydrogens (tertiary/aromatic N) is 1. The van der Waals surface area contributed by atoms with Crippen LogP contribution in [0.5, 0.6) is 0 Å². The summed E-state index contributed by atoms with van der Waals surface area (Å²) in [5, 5.41) is 8.48. The van der Waals surface area contributed by atoms with Crippen LogP contribution in [0.4, 0.5) is 0 Å². The molecular weight excluding hydrogens is 122 g/mol. The molecule has 0 aromatic rings. The van der Waals surface area contributed by atoms with Gasteiger partial charge in [0.15, 0.2) is 0 Å². The Labute approximate surface area is 61.4 Å². The molecule has 52 valence electrons. The molecule has 1 saturated carbocycles. The first-order valence-electron chi connectivity index (χ1n) is 3.95. The van der Waals surface area contributed by atoms with Crippen LogP contribution in [-0.4, -0.2) is 0 Å². The Balaban J connectivity index is 2.04. The van der Waals surface area contributed by atoms with Gasteiger partial charge in [0.2, 0.25) is 0 Å². The van der Waals surface area contributed by atoms with E-state index in [0.717, 1.165) is 18.3 Å². The molecule has 0 amide bonds. The second kappa shape index (κ2) is 2.12. The Kier molecular flexibility index (Phi) is 1.27. The summed E-state index contributed by atoms with van der Waals surface area (Å²) >= 11 is 0. The monoisotopic (exact) mass is 133 g/mol. The van der Waals surface area contributed by atoms with E-state index in [0.29, 0.717) is 5.92 Å². The Hall–Kier alpha value is -0.770. The molecule has 2 aliphatic rings. The average molecular weight is 133 g/mol. The molecule has 3 unspecified atom stereocenters. The fourth-order valence-corrected chi connectivity index (χ4v) is 2.25. The number of allylic oxidation sites excluding steroid dienone is 2. The highest BCUT2D eigenvalue weighted by atomic mass is 14.4. The van der Waals surface area contributed by atoms with Gasteiger partial charge in [-0.2, -0.15) is 5.26 Å². The Bertz CT molecular complexity index is 199. The van der Waals surface area contributed by atoms with E-state index >= 15 is 0 Å². The Morgan fingerprint density at radius 3 is 2.80 bits per heavy atom. The van der Waals surface area contributed by atoms with Crippen molar-refractivity contribution >= 4 is 0 Å². The lowest BCUT2D eigenvalue weighted by Crippen LogP contribution is -2.04. The Morgan fingerprint density at radius 2 is 2.30 bits per heavy atom. The summed E-state index contributed by atoms with van der Waals surface area (Å²) in [6.45, 7) is 0. The van der Waals surface area contributed by atoms with Crippen LogP contribution >= 0.6 is 0 Å². The molecule has 1 heteroatoms. The quantitative estimate of drug-likeness (QED) is 0.502.